The molecule has 1 saturated heterocycles. The number of piperidine rings is 1. The molecule has 15 heavy (non-hydrogen) atoms. The van der Waals surface area contributed by atoms with Crippen LogP contribution in [0.15, 0.2) is 0 Å². The lowest BCUT2D eigenvalue weighted by Crippen LogP contribution is -2.49. The van der Waals surface area contributed by atoms with Gasteiger partial charge >= 0.3 is 0 Å². The molecule has 1 aliphatic carbocycles. The second kappa shape index (κ2) is 4.52. The van der Waals surface area contributed by atoms with Crippen LogP contribution in [0.1, 0.15) is 39.5 Å². The summed E-state index contributed by atoms with van der Waals surface area (Å²) >= 11 is 0. The van der Waals surface area contributed by atoms with Gasteiger partial charge in [-0.3, -0.25) is 4.79 Å². The Morgan fingerprint density at radius 1 is 1.33 bits per heavy atom. The third kappa shape index (κ3) is 2.71. The number of nitrogens with zero attached hydrogens (tertiary/aromatic N) is 1. The predicted octanol–water partition coefficient (Wildman–Crippen LogP) is 1.39. The van der Waals surface area contributed by atoms with E-state index in [4.69, 9.17) is 0 Å². The summed E-state index contributed by atoms with van der Waals surface area (Å²) < 4.78 is 0. The molecule has 2 rings (SSSR count). The van der Waals surface area contributed by atoms with Crippen molar-refractivity contribution in [1.29, 1.82) is 0 Å². The summed E-state index contributed by atoms with van der Waals surface area (Å²) in [6.45, 7) is 5.93. The number of carbonyl (C=O) groups excluding carboxylic acids is 1. The first-order valence-corrected chi connectivity index (χ1v) is 6.21. The molecule has 0 radical (unpaired) electrons. The Hall–Kier alpha value is -0.570. The number of likely N-dealkylation sites (tertiary alicyclic amines) is 1. The Kier molecular flexibility index (Phi) is 3.29. The maximum atomic E-state index is 11.9. The molecule has 1 N–H and O–H groups in total. The normalized spacial score (nSPS) is 31.7. The van der Waals surface area contributed by atoms with Crippen molar-refractivity contribution >= 4 is 5.91 Å². The van der Waals surface area contributed by atoms with E-state index in [1.807, 2.05) is 0 Å². The predicted molar refractivity (Wildman–Crippen MR) is 60.6 cm³/mol. The van der Waals surface area contributed by atoms with Gasteiger partial charge in [0.05, 0.1) is 6.54 Å². The Morgan fingerprint density at radius 2 is 2.07 bits per heavy atom. The largest absolute Gasteiger partial charge is 0.339 e. The highest BCUT2D eigenvalue weighted by atomic mass is 16.2. The van der Waals surface area contributed by atoms with Gasteiger partial charge < -0.3 is 10.2 Å². The molecule has 0 aromatic carbocycles. The van der Waals surface area contributed by atoms with Crippen LogP contribution in [0.4, 0.5) is 0 Å². The lowest BCUT2D eigenvalue weighted by atomic mass is 9.92. The van der Waals surface area contributed by atoms with E-state index in [9.17, 15) is 4.79 Å². The van der Waals surface area contributed by atoms with Crippen LogP contribution < -0.4 is 5.32 Å². The van der Waals surface area contributed by atoms with Gasteiger partial charge in [0.25, 0.3) is 0 Å². The molecular weight excluding hydrogens is 188 g/mol. The molecule has 0 bridgehead atoms. The first-order chi connectivity index (χ1) is 7.18. The van der Waals surface area contributed by atoms with E-state index < -0.39 is 0 Å². The van der Waals surface area contributed by atoms with E-state index in [1.54, 1.807) is 0 Å². The highest BCUT2D eigenvalue weighted by Gasteiger charge is 2.29. The van der Waals surface area contributed by atoms with Crippen molar-refractivity contribution in [2.24, 2.45) is 5.92 Å². The fourth-order valence-corrected chi connectivity index (χ4v) is 2.31. The zero-order chi connectivity index (χ0) is 10.8. The average Bonchev–Trinajstić information content (AvgIpc) is 3.02. The van der Waals surface area contributed by atoms with E-state index in [1.165, 1.54) is 25.7 Å². The van der Waals surface area contributed by atoms with Crippen LogP contribution in [-0.4, -0.2) is 36.0 Å². The van der Waals surface area contributed by atoms with Crippen LogP contribution in [-0.2, 0) is 4.79 Å². The second-order valence-electron chi connectivity index (χ2n) is 5.10. The van der Waals surface area contributed by atoms with Crippen LogP contribution in [0.3, 0.4) is 0 Å². The molecule has 0 aromatic rings. The van der Waals surface area contributed by atoms with Gasteiger partial charge in [0, 0.05) is 18.6 Å². The summed E-state index contributed by atoms with van der Waals surface area (Å²) in [6, 6.07) is 1.05. The van der Waals surface area contributed by atoms with Crippen molar-refractivity contribution < 1.29 is 4.79 Å². The van der Waals surface area contributed by atoms with Crippen LogP contribution in [0.2, 0.25) is 0 Å². The van der Waals surface area contributed by atoms with Crippen molar-refractivity contribution in [3.8, 4) is 0 Å². The van der Waals surface area contributed by atoms with Crippen molar-refractivity contribution in [2.75, 3.05) is 13.1 Å². The van der Waals surface area contributed by atoms with E-state index in [0.29, 0.717) is 30.5 Å². The Balaban J connectivity index is 1.81. The van der Waals surface area contributed by atoms with Gasteiger partial charge in [-0.25, -0.2) is 0 Å². The number of rotatable bonds is 3. The fraction of sp³-hybridized carbons (Fsp3) is 0.917. The van der Waals surface area contributed by atoms with Crippen LogP contribution in [0.5, 0.6) is 0 Å². The van der Waals surface area contributed by atoms with E-state index >= 15 is 0 Å². The number of hydrogen-bond acceptors (Lipinski definition) is 2. The minimum Gasteiger partial charge on any atom is -0.339 e. The Bertz CT molecular complexity index is 238. The smallest absolute Gasteiger partial charge is 0.236 e. The molecule has 2 atom stereocenters. The van der Waals surface area contributed by atoms with Crippen molar-refractivity contribution in [2.45, 2.75) is 51.6 Å². The third-order valence-electron chi connectivity index (χ3n) is 3.81. The summed E-state index contributed by atoms with van der Waals surface area (Å²) in [5.74, 6) is 0.949. The molecule has 2 fully saturated rings. The standard InChI is InChI=1S/C12H22N2O/c1-9-4-3-7-14(10(9)2)12(15)8-13-11-5-6-11/h9-11,13H,3-8H2,1-2H3. The zero-order valence-corrected chi connectivity index (χ0v) is 9.83. The molecule has 3 heteroatoms. The van der Waals surface area contributed by atoms with Crippen LogP contribution >= 0.6 is 0 Å². The zero-order valence-electron chi connectivity index (χ0n) is 9.83. The van der Waals surface area contributed by atoms with Crippen molar-refractivity contribution in [3.63, 3.8) is 0 Å². The summed E-state index contributed by atoms with van der Waals surface area (Å²) in [7, 11) is 0. The topological polar surface area (TPSA) is 32.3 Å². The summed E-state index contributed by atoms with van der Waals surface area (Å²) in [5, 5.41) is 3.30. The lowest BCUT2D eigenvalue weighted by Gasteiger charge is -2.38. The monoisotopic (exact) mass is 210 g/mol. The van der Waals surface area contributed by atoms with E-state index in [-0.39, 0.29) is 0 Å². The summed E-state index contributed by atoms with van der Waals surface area (Å²) in [6.07, 6.45) is 4.93. The molecule has 86 valence electrons. The lowest BCUT2D eigenvalue weighted by molar-refractivity contribution is -0.134. The first-order valence-electron chi connectivity index (χ1n) is 6.21. The van der Waals surface area contributed by atoms with Crippen LogP contribution in [0, 0.1) is 5.92 Å². The van der Waals surface area contributed by atoms with Gasteiger partial charge in [-0.1, -0.05) is 6.92 Å². The number of carbonyl (C=O) groups is 1. The molecule has 1 amide bonds. The minimum atomic E-state index is 0.293. The van der Waals surface area contributed by atoms with Crippen molar-refractivity contribution in [1.82, 2.24) is 10.2 Å². The number of nitrogens with one attached hydrogen (secondary N) is 1. The SMILES string of the molecule is CC1CCCN(C(=O)CNC2CC2)C1C. The van der Waals surface area contributed by atoms with Gasteiger partial charge in [0.2, 0.25) is 5.91 Å². The molecular formula is C12H22N2O. The molecule has 1 saturated carbocycles. The molecule has 2 aliphatic rings. The van der Waals surface area contributed by atoms with Crippen LogP contribution in [0.25, 0.3) is 0 Å². The van der Waals surface area contributed by atoms with E-state index in [0.717, 1.165) is 6.54 Å². The molecule has 1 aliphatic heterocycles. The fourth-order valence-electron chi connectivity index (χ4n) is 2.31. The minimum absolute atomic E-state index is 0.293. The molecule has 3 nitrogen and oxygen atoms in total. The van der Waals surface area contributed by atoms with Gasteiger partial charge in [0.1, 0.15) is 0 Å². The van der Waals surface area contributed by atoms with Gasteiger partial charge in [-0.05, 0) is 38.5 Å². The quantitative estimate of drug-likeness (QED) is 0.763. The average molecular weight is 210 g/mol. The molecule has 2 unspecified atom stereocenters. The highest BCUT2D eigenvalue weighted by molar-refractivity contribution is 5.78. The van der Waals surface area contributed by atoms with Gasteiger partial charge in [-0.15, -0.1) is 0 Å². The summed E-state index contributed by atoms with van der Waals surface area (Å²) in [5.41, 5.74) is 0. The Morgan fingerprint density at radius 3 is 2.73 bits per heavy atom. The molecule has 0 aromatic heterocycles. The van der Waals surface area contributed by atoms with Crippen molar-refractivity contribution in [3.05, 3.63) is 0 Å². The summed E-state index contributed by atoms with van der Waals surface area (Å²) in [4.78, 5) is 14.0. The van der Waals surface area contributed by atoms with Gasteiger partial charge in [0.15, 0.2) is 0 Å². The van der Waals surface area contributed by atoms with Gasteiger partial charge in [-0.2, -0.15) is 0 Å². The third-order valence-corrected chi connectivity index (χ3v) is 3.81. The molecule has 1 heterocycles. The second-order valence-corrected chi connectivity index (χ2v) is 5.10. The highest BCUT2D eigenvalue weighted by Crippen LogP contribution is 2.23. The Labute approximate surface area is 92.2 Å². The maximum absolute atomic E-state index is 11.9. The van der Waals surface area contributed by atoms with E-state index in [2.05, 4.69) is 24.1 Å². The molecule has 0 spiro atoms. The maximum Gasteiger partial charge on any atom is 0.236 e. The number of amides is 1. The first kappa shape index (κ1) is 10.9. The number of hydrogen-bond donors (Lipinski definition) is 1.